The molecule has 3 heterocycles. The summed E-state index contributed by atoms with van der Waals surface area (Å²) in [5, 5.41) is 17.2. The maximum absolute atomic E-state index is 13.2. The summed E-state index contributed by atoms with van der Waals surface area (Å²) in [5.74, 6) is 0.688. The van der Waals surface area contributed by atoms with Crippen molar-refractivity contribution in [2.45, 2.75) is 24.8 Å². The van der Waals surface area contributed by atoms with Crippen LogP contribution >= 0.6 is 0 Å². The largest absolute Gasteiger partial charge is 0.493 e. The number of carbonyl (C=O) groups excluding carboxylic acids is 1. The van der Waals surface area contributed by atoms with E-state index < -0.39 is 11.4 Å². The van der Waals surface area contributed by atoms with Gasteiger partial charge in [0.1, 0.15) is 11.4 Å². The van der Waals surface area contributed by atoms with Crippen molar-refractivity contribution in [2.24, 2.45) is 5.73 Å². The summed E-state index contributed by atoms with van der Waals surface area (Å²) in [6.45, 7) is 1.25. The van der Waals surface area contributed by atoms with Crippen molar-refractivity contribution in [3.8, 4) is 11.8 Å². The Bertz CT molecular complexity index is 1180. The van der Waals surface area contributed by atoms with Crippen molar-refractivity contribution >= 4 is 23.2 Å². The number of amides is 1. The van der Waals surface area contributed by atoms with Gasteiger partial charge in [0, 0.05) is 31.2 Å². The highest BCUT2D eigenvalue weighted by Crippen LogP contribution is 2.37. The molecule has 0 saturated carbocycles. The monoisotopic (exact) mass is 449 g/mol. The maximum Gasteiger partial charge on any atom is 0.254 e. The number of nitrogens with one attached hydrogen (secondary N) is 1. The van der Waals surface area contributed by atoms with Crippen LogP contribution in [0.2, 0.25) is 0 Å². The first-order chi connectivity index (χ1) is 16.0. The number of piperidine rings is 1. The van der Waals surface area contributed by atoms with E-state index in [1.165, 1.54) is 12.1 Å². The van der Waals surface area contributed by atoms with Gasteiger partial charge in [0.2, 0.25) is 0 Å². The lowest BCUT2D eigenvalue weighted by atomic mass is 9.85. The van der Waals surface area contributed by atoms with E-state index in [-0.39, 0.29) is 23.6 Å². The van der Waals surface area contributed by atoms with Crippen LogP contribution in [-0.4, -0.2) is 40.9 Å². The smallest absolute Gasteiger partial charge is 0.254 e. The first-order valence-electron chi connectivity index (χ1n) is 10.5. The summed E-state index contributed by atoms with van der Waals surface area (Å²) in [6, 6.07) is 11.7. The highest BCUT2D eigenvalue weighted by atomic mass is 19.1. The van der Waals surface area contributed by atoms with E-state index in [0.717, 1.165) is 5.82 Å². The van der Waals surface area contributed by atoms with Gasteiger partial charge in [-0.2, -0.15) is 10.4 Å². The molecule has 1 aliphatic rings. The zero-order valence-electron chi connectivity index (χ0n) is 18.2. The Hall–Kier alpha value is -4.13. The van der Waals surface area contributed by atoms with Crippen LogP contribution in [0, 0.1) is 17.1 Å². The Balaban J connectivity index is 1.62. The molecule has 3 N–H and O–H groups in total. The average Bonchev–Trinajstić information content (AvgIpc) is 3.26. The molecular formula is C23H24FN7O2. The zero-order chi connectivity index (χ0) is 23.4. The van der Waals surface area contributed by atoms with E-state index in [0.29, 0.717) is 37.4 Å². The number of pyridine rings is 1. The number of halogens is 1. The molecule has 3 aromatic rings. The molecule has 1 saturated heterocycles. The van der Waals surface area contributed by atoms with Crippen molar-refractivity contribution in [2.75, 3.05) is 30.4 Å². The molecule has 9 nitrogen and oxygen atoms in total. The predicted octanol–water partition coefficient (Wildman–Crippen LogP) is 3.18. The summed E-state index contributed by atoms with van der Waals surface area (Å²) in [4.78, 5) is 18.7. The molecule has 0 aliphatic carbocycles. The highest BCUT2D eigenvalue weighted by Gasteiger charge is 2.39. The first-order valence-corrected chi connectivity index (χ1v) is 10.5. The van der Waals surface area contributed by atoms with Crippen molar-refractivity contribution in [1.29, 1.82) is 5.26 Å². The van der Waals surface area contributed by atoms with E-state index in [1.807, 2.05) is 12.1 Å². The maximum atomic E-state index is 13.2. The molecule has 1 aromatic carbocycles. The van der Waals surface area contributed by atoms with Crippen LogP contribution in [-0.2, 0) is 5.54 Å². The van der Waals surface area contributed by atoms with Gasteiger partial charge in [0.05, 0.1) is 25.1 Å². The fourth-order valence-corrected chi connectivity index (χ4v) is 4.11. The van der Waals surface area contributed by atoms with E-state index in [2.05, 4.69) is 26.4 Å². The minimum Gasteiger partial charge on any atom is -0.493 e. The number of ether oxygens (including phenoxy) is 1. The Morgan fingerprint density at radius 3 is 2.67 bits per heavy atom. The SMILES string of the molecule is COc1cccnc1N1CCC(CC#N)(n2cc(C(N)=O)c(Nc3ccc(F)cc3)n2)CC1. The second-order valence-corrected chi connectivity index (χ2v) is 7.91. The second kappa shape index (κ2) is 9.16. The van der Waals surface area contributed by atoms with Gasteiger partial charge in [-0.1, -0.05) is 0 Å². The molecule has 1 amide bonds. The highest BCUT2D eigenvalue weighted by molar-refractivity contribution is 5.98. The molecule has 0 radical (unpaired) electrons. The lowest BCUT2D eigenvalue weighted by Crippen LogP contribution is -2.46. The fraction of sp³-hybridized carbons (Fsp3) is 0.304. The fourth-order valence-electron chi connectivity index (χ4n) is 4.11. The number of benzene rings is 1. The number of nitrogens with zero attached hydrogens (tertiary/aromatic N) is 5. The number of methoxy groups -OCH3 is 1. The van der Waals surface area contributed by atoms with Crippen molar-refractivity contribution in [3.63, 3.8) is 0 Å². The first kappa shape index (κ1) is 22.1. The molecule has 1 fully saturated rings. The number of aromatic nitrogens is 3. The number of hydrogen-bond donors (Lipinski definition) is 2. The molecule has 0 atom stereocenters. The summed E-state index contributed by atoms with van der Waals surface area (Å²) < 4.78 is 20.4. The third-order valence-electron chi connectivity index (χ3n) is 5.95. The molecule has 33 heavy (non-hydrogen) atoms. The van der Waals surface area contributed by atoms with Gasteiger partial charge in [-0.05, 0) is 49.2 Å². The van der Waals surface area contributed by atoms with Crippen LogP contribution in [0.4, 0.5) is 21.7 Å². The summed E-state index contributed by atoms with van der Waals surface area (Å²) in [5.41, 5.74) is 5.75. The van der Waals surface area contributed by atoms with Crippen LogP contribution in [0.1, 0.15) is 29.6 Å². The molecule has 1 aliphatic heterocycles. The minimum atomic E-state index is -0.645. The number of hydrogen-bond acceptors (Lipinski definition) is 7. The van der Waals surface area contributed by atoms with Crippen LogP contribution in [0.25, 0.3) is 0 Å². The molecule has 0 spiro atoms. The number of rotatable bonds is 7. The van der Waals surface area contributed by atoms with E-state index in [9.17, 15) is 14.4 Å². The topological polar surface area (TPSA) is 122 Å². The quantitative estimate of drug-likeness (QED) is 0.568. The standard InChI is InChI=1S/C23H24FN7O2/c1-33-19-3-2-12-27-22(19)30-13-9-23(8-11-25,10-14-30)31-15-18(20(26)32)21(29-31)28-17-6-4-16(24)5-7-17/h2-7,12,15H,8-10,13-14H2,1H3,(H2,26,32)(H,28,29). The van der Waals surface area contributed by atoms with Crippen molar-refractivity contribution < 1.29 is 13.9 Å². The lowest BCUT2D eigenvalue weighted by molar-refractivity contribution is 0.100. The normalized spacial score (nSPS) is 15.0. The molecule has 4 rings (SSSR count). The number of primary amides is 1. The number of nitrogens with two attached hydrogens (primary N) is 1. The molecule has 2 aromatic heterocycles. The Labute approximate surface area is 190 Å². The van der Waals surface area contributed by atoms with Crippen LogP contribution in [0.15, 0.2) is 48.8 Å². The van der Waals surface area contributed by atoms with Crippen LogP contribution in [0.5, 0.6) is 5.75 Å². The molecule has 0 bridgehead atoms. The van der Waals surface area contributed by atoms with Crippen molar-refractivity contribution in [1.82, 2.24) is 14.8 Å². The summed E-state index contributed by atoms with van der Waals surface area (Å²) in [6.07, 6.45) is 4.74. The second-order valence-electron chi connectivity index (χ2n) is 7.91. The summed E-state index contributed by atoms with van der Waals surface area (Å²) in [7, 11) is 1.61. The van der Waals surface area contributed by atoms with E-state index >= 15 is 0 Å². The van der Waals surface area contributed by atoms with Gasteiger partial charge >= 0.3 is 0 Å². The lowest BCUT2D eigenvalue weighted by Gasteiger charge is -2.41. The molecule has 10 heteroatoms. The van der Waals surface area contributed by atoms with Crippen LogP contribution < -0.4 is 20.7 Å². The Kier molecular flexibility index (Phi) is 6.13. The van der Waals surface area contributed by atoms with Gasteiger partial charge in [-0.25, -0.2) is 9.37 Å². The molecular weight excluding hydrogens is 425 g/mol. The third-order valence-corrected chi connectivity index (χ3v) is 5.95. The minimum absolute atomic E-state index is 0.200. The Morgan fingerprint density at radius 1 is 1.30 bits per heavy atom. The molecule has 0 unspecified atom stereocenters. The van der Waals surface area contributed by atoms with Gasteiger partial charge in [0.15, 0.2) is 17.4 Å². The van der Waals surface area contributed by atoms with Crippen molar-refractivity contribution in [3.05, 3.63) is 60.2 Å². The van der Waals surface area contributed by atoms with Gasteiger partial charge < -0.3 is 20.7 Å². The van der Waals surface area contributed by atoms with Gasteiger partial charge in [-0.3, -0.25) is 9.48 Å². The van der Waals surface area contributed by atoms with Crippen LogP contribution in [0.3, 0.4) is 0 Å². The number of anilines is 3. The van der Waals surface area contributed by atoms with Gasteiger partial charge in [0.25, 0.3) is 5.91 Å². The predicted molar refractivity (Wildman–Crippen MR) is 121 cm³/mol. The van der Waals surface area contributed by atoms with E-state index in [1.54, 1.807) is 36.3 Å². The number of carbonyl (C=O) groups is 1. The number of nitriles is 1. The van der Waals surface area contributed by atoms with E-state index in [4.69, 9.17) is 10.5 Å². The zero-order valence-corrected chi connectivity index (χ0v) is 18.2. The van der Waals surface area contributed by atoms with Gasteiger partial charge in [-0.15, -0.1) is 0 Å². The third kappa shape index (κ3) is 4.43. The molecule has 170 valence electrons. The summed E-state index contributed by atoms with van der Waals surface area (Å²) >= 11 is 0. The average molecular weight is 449 g/mol. The Morgan fingerprint density at radius 2 is 2.03 bits per heavy atom.